The number of carbonyl (C=O) groups excluding carboxylic acids is 2. The number of hydrogen-bond donors (Lipinski definition) is 0. The first-order valence-corrected chi connectivity index (χ1v) is 11.1. The molecule has 4 bridgehead atoms. The third-order valence-corrected chi connectivity index (χ3v) is 8.46. The number of allylic oxidation sites excluding steroid dienone is 8. The second-order valence-corrected chi connectivity index (χ2v) is 9.78. The van der Waals surface area contributed by atoms with Crippen LogP contribution in [0.5, 0.6) is 0 Å². The molecule has 6 aliphatic carbocycles. The second kappa shape index (κ2) is 5.90. The van der Waals surface area contributed by atoms with E-state index in [1.54, 1.807) is 0 Å². The summed E-state index contributed by atoms with van der Waals surface area (Å²) in [6.45, 7) is 0. The average molecular weight is 360 g/mol. The molecule has 8 atom stereocenters. The highest BCUT2D eigenvalue weighted by Crippen LogP contribution is 2.54. The maximum absolute atomic E-state index is 12.7. The van der Waals surface area contributed by atoms with Crippen molar-refractivity contribution in [2.24, 2.45) is 47.3 Å². The monoisotopic (exact) mass is 360 g/mol. The molecule has 0 N–H and O–H groups in total. The van der Waals surface area contributed by atoms with Gasteiger partial charge in [0.05, 0.1) is 0 Å². The normalized spacial score (nSPS) is 45.0. The van der Waals surface area contributed by atoms with Gasteiger partial charge in [0.15, 0.2) is 11.6 Å². The van der Waals surface area contributed by atoms with Gasteiger partial charge >= 0.3 is 0 Å². The van der Waals surface area contributed by atoms with Crippen LogP contribution >= 0.6 is 0 Å². The first-order chi connectivity index (χ1) is 13.2. The Morgan fingerprint density at radius 2 is 1.07 bits per heavy atom. The average Bonchev–Trinajstić information content (AvgIpc) is 3.46. The largest absolute Gasteiger partial charge is 0.294 e. The van der Waals surface area contributed by atoms with Crippen LogP contribution in [0.2, 0.25) is 0 Å². The summed E-state index contributed by atoms with van der Waals surface area (Å²) >= 11 is 0. The van der Waals surface area contributed by atoms with E-state index < -0.39 is 0 Å². The predicted molar refractivity (Wildman–Crippen MR) is 105 cm³/mol. The van der Waals surface area contributed by atoms with Crippen LogP contribution in [-0.2, 0) is 9.59 Å². The van der Waals surface area contributed by atoms with Gasteiger partial charge in [-0.15, -0.1) is 0 Å². The minimum atomic E-state index is 0.277. The van der Waals surface area contributed by atoms with Crippen molar-refractivity contribution in [1.29, 1.82) is 0 Å². The van der Waals surface area contributed by atoms with Gasteiger partial charge in [-0.3, -0.25) is 9.59 Å². The summed E-state index contributed by atoms with van der Waals surface area (Å²) in [5, 5.41) is 0. The molecule has 2 saturated carbocycles. The number of ketones is 2. The number of fused-ring (bicyclic) bond motifs is 10. The van der Waals surface area contributed by atoms with E-state index in [0.717, 1.165) is 43.3 Å². The number of unbranched alkanes of at least 4 members (excludes halogenated alkanes) is 2. The minimum absolute atomic E-state index is 0.277. The van der Waals surface area contributed by atoms with Crippen LogP contribution in [-0.4, -0.2) is 11.6 Å². The van der Waals surface area contributed by atoms with E-state index in [2.05, 4.69) is 36.5 Å². The van der Waals surface area contributed by atoms with E-state index in [1.165, 1.54) is 12.8 Å². The number of hydrogen-bond acceptors (Lipinski definition) is 2. The fourth-order valence-corrected chi connectivity index (χ4v) is 7.19. The molecule has 2 heteroatoms. The molecule has 6 aliphatic rings. The van der Waals surface area contributed by atoms with E-state index in [0.29, 0.717) is 47.1 Å². The minimum Gasteiger partial charge on any atom is -0.294 e. The quantitative estimate of drug-likeness (QED) is 0.502. The molecule has 0 aromatic carbocycles. The van der Waals surface area contributed by atoms with Crippen LogP contribution in [0.15, 0.2) is 47.6 Å². The summed E-state index contributed by atoms with van der Waals surface area (Å²) in [4.78, 5) is 25.4. The summed E-state index contributed by atoms with van der Waals surface area (Å²) in [5.74, 6) is 4.76. The first-order valence-electron chi connectivity index (χ1n) is 11.1. The van der Waals surface area contributed by atoms with Crippen molar-refractivity contribution in [3.8, 4) is 0 Å². The lowest BCUT2D eigenvalue weighted by molar-refractivity contribution is -0.120. The second-order valence-electron chi connectivity index (χ2n) is 9.78. The van der Waals surface area contributed by atoms with E-state index in [1.807, 2.05) is 0 Å². The fraction of sp³-hybridized carbons (Fsp3) is 0.600. The maximum atomic E-state index is 12.7. The smallest absolute Gasteiger partial charge is 0.162 e. The molecule has 140 valence electrons. The lowest BCUT2D eigenvalue weighted by Gasteiger charge is -2.18. The van der Waals surface area contributed by atoms with Crippen molar-refractivity contribution in [2.75, 3.05) is 0 Å². The Morgan fingerprint density at radius 1 is 0.630 bits per heavy atom. The number of rotatable bonds is 6. The lowest BCUT2D eigenvalue weighted by atomic mass is 9.84. The number of carbonyl (C=O) groups is 2. The Morgan fingerprint density at radius 3 is 1.52 bits per heavy atom. The lowest BCUT2D eigenvalue weighted by Crippen LogP contribution is -2.21. The van der Waals surface area contributed by atoms with E-state index in [9.17, 15) is 9.59 Å². The Bertz CT molecular complexity index is 757. The molecular weight excluding hydrogens is 332 g/mol. The molecule has 0 aliphatic heterocycles. The molecule has 2 nitrogen and oxygen atoms in total. The van der Waals surface area contributed by atoms with Crippen molar-refractivity contribution in [2.45, 2.75) is 44.9 Å². The van der Waals surface area contributed by atoms with Crippen LogP contribution < -0.4 is 0 Å². The van der Waals surface area contributed by atoms with Gasteiger partial charge in [-0.25, -0.2) is 0 Å². The Balaban J connectivity index is 0.989. The van der Waals surface area contributed by atoms with E-state index in [-0.39, 0.29) is 11.8 Å². The van der Waals surface area contributed by atoms with Crippen molar-refractivity contribution >= 4 is 11.6 Å². The highest BCUT2D eigenvalue weighted by atomic mass is 16.1. The summed E-state index contributed by atoms with van der Waals surface area (Å²) in [6, 6.07) is 0. The van der Waals surface area contributed by atoms with Gasteiger partial charge in [0.1, 0.15) is 0 Å². The van der Waals surface area contributed by atoms with Crippen LogP contribution in [0.25, 0.3) is 0 Å². The third-order valence-electron chi connectivity index (χ3n) is 8.46. The van der Waals surface area contributed by atoms with E-state index >= 15 is 0 Å². The zero-order valence-corrected chi connectivity index (χ0v) is 15.8. The zero-order valence-electron chi connectivity index (χ0n) is 15.8. The van der Waals surface area contributed by atoms with Gasteiger partial charge in [0, 0.05) is 11.8 Å². The van der Waals surface area contributed by atoms with Gasteiger partial charge in [-0.1, -0.05) is 42.9 Å². The first kappa shape index (κ1) is 16.3. The van der Waals surface area contributed by atoms with Gasteiger partial charge in [-0.2, -0.15) is 0 Å². The predicted octanol–water partition coefficient (Wildman–Crippen LogP) is 4.83. The Kier molecular flexibility index (Phi) is 3.55. The molecule has 0 spiro atoms. The summed E-state index contributed by atoms with van der Waals surface area (Å²) in [7, 11) is 0. The topological polar surface area (TPSA) is 34.1 Å². The van der Waals surface area contributed by atoms with Crippen molar-refractivity contribution in [3.63, 3.8) is 0 Å². The molecular formula is C25H28O2. The fourth-order valence-electron chi connectivity index (χ4n) is 7.19. The van der Waals surface area contributed by atoms with Crippen molar-refractivity contribution in [3.05, 3.63) is 47.6 Å². The third kappa shape index (κ3) is 2.31. The molecule has 0 radical (unpaired) electrons. The van der Waals surface area contributed by atoms with Crippen LogP contribution in [0.1, 0.15) is 44.9 Å². The Hall–Kier alpha value is -1.70. The van der Waals surface area contributed by atoms with Crippen LogP contribution in [0.4, 0.5) is 0 Å². The van der Waals surface area contributed by atoms with Gasteiger partial charge < -0.3 is 0 Å². The molecule has 0 aromatic rings. The maximum Gasteiger partial charge on any atom is 0.162 e. The zero-order chi connectivity index (χ0) is 18.1. The highest BCUT2D eigenvalue weighted by molar-refractivity contribution is 6.01. The molecule has 0 aromatic heterocycles. The van der Waals surface area contributed by atoms with Crippen LogP contribution in [0.3, 0.4) is 0 Å². The molecule has 27 heavy (non-hydrogen) atoms. The SMILES string of the molecule is O=C1C(CCCCCC2=CC3C4C=CC(C4)C3C2=O)=CC2C3C=CC(C3)C12. The molecule has 0 saturated heterocycles. The summed E-state index contributed by atoms with van der Waals surface area (Å²) in [5.41, 5.74) is 2.22. The molecule has 0 heterocycles. The van der Waals surface area contributed by atoms with E-state index in [4.69, 9.17) is 0 Å². The van der Waals surface area contributed by atoms with Gasteiger partial charge in [-0.05, 0) is 85.2 Å². The number of Topliss-reactive ketones (excluding diaryl/α,β-unsaturated/α-hetero) is 2. The molecule has 2 fully saturated rings. The van der Waals surface area contributed by atoms with Crippen LogP contribution in [0, 0.1) is 47.3 Å². The molecule has 8 unspecified atom stereocenters. The van der Waals surface area contributed by atoms with Gasteiger partial charge in [0.25, 0.3) is 0 Å². The molecule has 6 rings (SSSR count). The van der Waals surface area contributed by atoms with Crippen molar-refractivity contribution < 1.29 is 9.59 Å². The highest BCUT2D eigenvalue weighted by Gasteiger charge is 2.51. The summed E-state index contributed by atoms with van der Waals surface area (Å²) in [6.07, 6.45) is 21.4. The Labute approximate surface area is 161 Å². The van der Waals surface area contributed by atoms with Crippen molar-refractivity contribution in [1.82, 2.24) is 0 Å². The van der Waals surface area contributed by atoms with Gasteiger partial charge in [0.2, 0.25) is 0 Å². The standard InChI is InChI=1S/C25H28O2/c26-24-18(12-20-14-6-8-16(10-14)22(20)24)4-2-1-3-5-19-13-21-15-7-9-17(11-15)23(21)25(19)27/h6-9,12-17,20-23H,1-5,10-11H2. The molecule has 0 amide bonds. The summed E-state index contributed by atoms with van der Waals surface area (Å²) < 4.78 is 0.